The number of aliphatic hydroxyl groups is 3. The number of carboxylic acids is 1. The maximum absolute atomic E-state index is 10.3. The molecule has 0 aromatic carbocycles. The molecule has 0 aromatic heterocycles. The number of carbonyl (C=O) groups is 1. The van der Waals surface area contributed by atoms with E-state index in [0.717, 1.165) is 12.8 Å². The predicted molar refractivity (Wildman–Crippen MR) is 103 cm³/mol. The average Bonchev–Trinajstić information content (AvgIpc) is 2.64. The molecule has 0 heterocycles. The summed E-state index contributed by atoms with van der Waals surface area (Å²) in [5.74, 6) is -0.662. The third kappa shape index (κ3) is 11.6. The first kappa shape index (κ1) is 26.6. The summed E-state index contributed by atoms with van der Waals surface area (Å²) in [6.45, 7) is 8.22. The summed E-state index contributed by atoms with van der Waals surface area (Å²) in [5, 5.41) is 34.5. The van der Waals surface area contributed by atoms with E-state index in [1.165, 1.54) is 38.5 Å². The van der Waals surface area contributed by atoms with Gasteiger partial charge in [-0.3, -0.25) is 4.79 Å². The summed E-state index contributed by atoms with van der Waals surface area (Å²) in [4.78, 5) is 10.3. The maximum Gasteiger partial charge on any atom is 0.303 e. The van der Waals surface area contributed by atoms with Crippen LogP contribution in [0.5, 0.6) is 0 Å². The van der Waals surface area contributed by atoms with Gasteiger partial charge in [0.2, 0.25) is 0 Å². The summed E-state index contributed by atoms with van der Waals surface area (Å²) in [6, 6.07) is 0. The second-order valence-corrected chi connectivity index (χ2v) is 7.20. The standard InChI is InChI=1S/C14H28O2.C6H14O3/c1-4-14(5-2,6-3)12-10-8-7-9-11-13(15)16;1-2-6(3-7,4-8)5-9/h4-12H2,1-3H3,(H,15,16);7-9H,2-5H2,1H3. The number of hydrogen-bond donors (Lipinski definition) is 4. The third-order valence-electron chi connectivity index (χ3n) is 5.85. The molecule has 0 saturated carbocycles. The van der Waals surface area contributed by atoms with Crippen LogP contribution in [0.1, 0.15) is 91.9 Å². The molecular formula is C20H42O5. The Morgan fingerprint density at radius 3 is 1.36 bits per heavy atom. The molecule has 0 aliphatic rings. The number of aliphatic hydroxyl groups excluding tert-OH is 3. The average molecular weight is 363 g/mol. The van der Waals surface area contributed by atoms with Crippen LogP contribution < -0.4 is 0 Å². The molecule has 0 spiro atoms. The Kier molecular flexibility index (Phi) is 16.6. The smallest absolute Gasteiger partial charge is 0.303 e. The lowest BCUT2D eigenvalue weighted by atomic mass is 9.75. The van der Waals surface area contributed by atoms with Crippen LogP contribution in [0.2, 0.25) is 0 Å². The van der Waals surface area contributed by atoms with Crippen LogP contribution in [0.3, 0.4) is 0 Å². The summed E-state index contributed by atoms with van der Waals surface area (Å²) in [6.07, 6.45) is 10.4. The number of rotatable bonds is 14. The van der Waals surface area contributed by atoms with Crippen LogP contribution in [-0.2, 0) is 4.79 Å². The van der Waals surface area contributed by atoms with Gasteiger partial charge >= 0.3 is 5.97 Å². The van der Waals surface area contributed by atoms with Crippen LogP contribution >= 0.6 is 0 Å². The van der Waals surface area contributed by atoms with Gasteiger partial charge in [0.05, 0.1) is 19.8 Å². The van der Waals surface area contributed by atoms with Crippen LogP contribution in [0.25, 0.3) is 0 Å². The highest BCUT2D eigenvalue weighted by Crippen LogP contribution is 2.36. The highest BCUT2D eigenvalue weighted by atomic mass is 16.4. The van der Waals surface area contributed by atoms with Gasteiger partial charge in [-0.2, -0.15) is 0 Å². The number of unbranched alkanes of at least 4 members (excludes halogenated alkanes) is 3. The van der Waals surface area contributed by atoms with Crippen molar-refractivity contribution in [1.29, 1.82) is 0 Å². The second kappa shape index (κ2) is 15.6. The Balaban J connectivity index is 0. The van der Waals surface area contributed by atoms with Gasteiger partial charge in [0.1, 0.15) is 0 Å². The molecule has 0 bridgehead atoms. The lowest BCUT2D eigenvalue weighted by Crippen LogP contribution is -2.32. The quantitative estimate of drug-likeness (QED) is 0.350. The number of hydrogen-bond acceptors (Lipinski definition) is 4. The molecule has 0 aliphatic heterocycles. The predicted octanol–water partition coefficient (Wildman–Crippen LogP) is 3.99. The van der Waals surface area contributed by atoms with Gasteiger partial charge < -0.3 is 20.4 Å². The molecule has 0 atom stereocenters. The SMILES string of the molecule is CCC(CC)(CC)CCCCCCC(=O)O.CCC(CO)(CO)CO. The first-order valence-electron chi connectivity index (χ1n) is 9.89. The summed E-state index contributed by atoms with van der Waals surface area (Å²) >= 11 is 0. The van der Waals surface area contributed by atoms with Gasteiger partial charge in [-0.05, 0) is 24.7 Å². The minimum Gasteiger partial charge on any atom is -0.481 e. The van der Waals surface area contributed by atoms with Crippen molar-refractivity contribution in [2.75, 3.05) is 19.8 Å². The molecule has 0 rings (SSSR count). The topological polar surface area (TPSA) is 98.0 Å². The Bertz CT molecular complexity index is 283. The zero-order valence-electron chi connectivity index (χ0n) is 16.9. The van der Waals surface area contributed by atoms with Crippen LogP contribution in [0.4, 0.5) is 0 Å². The molecule has 0 amide bonds. The van der Waals surface area contributed by atoms with E-state index in [9.17, 15) is 4.79 Å². The molecule has 0 unspecified atom stereocenters. The summed E-state index contributed by atoms with van der Waals surface area (Å²) in [5.41, 5.74) is -0.118. The van der Waals surface area contributed by atoms with Crippen LogP contribution in [-0.4, -0.2) is 46.2 Å². The van der Waals surface area contributed by atoms with Crippen molar-refractivity contribution in [1.82, 2.24) is 0 Å². The fourth-order valence-corrected chi connectivity index (χ4v) is 2.90. The van der Waals surface area contributed by atoms with Crippen molar-refractivity contribution in [2.24, 2.45) is 10.8 Å². The van der Waals surface area contributed by atoms with Crippen LogP contribution in [0.15, 0.2) is 0 Å². The Morgan fingerprint density at radius 1 is 0.680 bits per heavy atom. The van der Waals surface area contributed by atoms with Gasteiger partial charge in [0, 0.05) is 11.8 Å². The molecule has 25 heavy (non-hydrogen) atoms. The fourth-order valence-electron chi connectivity index (χ4n) is 2.90. The minimum atomic E-state index is -0.667. The number of carboxylic acid groups (broad SMARTS) is 1. The molecule has 0 aliphatic carbocycles. The first-order chi connectivity index (χ1) is 11.8. The van der Waals surface area contributed by atoms with Crippen molar-refractivity contribution in [3.63, 3.8) is 0 Å². The zero-order chi connectivity index (χ0) is 19.8. The van der Waals surface area contributed by atoms with E-state index in [4.69, 9.17) is 20.4 Å². The van der Waals surface area contributed by atoms with Gasteiger partial charge in [-0.25, -0.2) is 0 Å². The van der Waals surface area contributed by atoms with Crippen LogP contribution in [0, 0.1) is 10.8 Å². The van der Waals surface area contributed by atoms with E-state index in [2.05, 4.69) is 20.8 Å². The van der Waals surface area contributed by atoms with Crippen molar-refractivity contribution in [3.8, 4) is 0 Å². The summed E-state index contributed by atoms with van der Waals surface area (Å²) < 4.78 is 0. The molecule has 0 fully saturated rings. The van der Waals surface area contributed by atoms with Gasteiger partial charge in [-0.15, -0.1) is 0 Å². The van der Waals surface area contributed by atoms with E-state index in [0.29, 0.717) is 18.3 Å². The van der Waals surface area contributed by atoms with Gasteiger partial charge in [0.15, 0.2) is 0 Å². The Hall–Kier alpha value is -0.650. The molecular weight excluding hydrogens is 320 g/mol. The Morgan fingerprint density at radius 2 is 1.08 bits per heavy atom. The lowest BCUT2D eigenvalue weighted by Gasteiger charge is -2.30. The zero-order valence-corrected chi connectivity index (χ0v) is 16.9. The van der Waals surface area contributed by atoms with E-state index >= 15 is 0 Å². The van der Waals surface area contributed by atoms with Crippen molar-refractivity contribution < 1.29 is 25.2 Å². The molecule has 4 N–H and O–H groups in total. The maximum atomic E-state index is 10.3. The van der Waals surface area contributed by atoms with Crippen molar-refractivity contribution in [2.45, 2.75) is 91.9 Å². The molecule has 152 valence electrons. The molecule has 5 nitrogen and oxygen atoms in total. The highest BCUT2D eigenvalue weighted by molar-refractivity contribution is 5.66. The molecule has 0 aromatic rings. The van der Waals surface area contributed by atoms with E-state index in [-0.39, 0.29) is 19.8 Å². The lowest BCUT2D eigenvalue weighted by molar-refractivity contribution is -0.137. The minimum absolute atomic E-state index is 0.156. The fraction of sp³-hybridized carbons (Fsp3) is 0.950. The first-order valence-corrected chi connectivity index (χ1v) is 9.89. The molecule has 0 radical (unpaired) electrons. The normalized spacial score (nSPS) is 11.8. The van der Waals surface area contributed by atoms with E-state index < -0.39 is 11.4 Å². The van der Waals surface area contributed by atoms with E-state index in [1.54, 1.807) is 0 Å². The van der Waals surface area contributed by atoms with Crippen molar-refractivity contribution in [3.05, 3.63) is 0 Å². The summed E-state index contributed by atoms with van der Waals surface area (Å²) in [7, 11) is 0. The molecule has 5 heteroatoms. The Labute approximate surface area is 154 Å². The highest BCUT2D eigenvalue weighted by Gasteiger charge is 2.25. The van der Waals surface area contributed by atoms with Gasteiger partial charge in [-0.1, -0.05) is 66.2 Å². The second-order valence-electron chi connectivity index (χ2n) is 7.20. The number of aliphatic carboxylic acids is 1. The van der Waals surface area contributed by atoms with Gasteiger partial charge in [0.25, 0.3) is 0 Å². The monoisotopic (exact) mass is 362 g/mol. The molecule has 0 saturated heterocycles. The van der Waals surface area contributed by atoms with E-state index in [1.807, 2.05) is 6.92 Å². The third-order valence-corrected chi connectivity index (χ3v) is 5.85. The van der Waals surface area contributed by atoms with Crippen molar-refractivity contribution >= 4 is 5.97 Å². The largest absolute Gasteiger partial charge is 0.481 e.